The summed E-state index contributed by atoms with van der Waals surface area (Å²) in [6, 6.07) is 0. The molecule has 0 heterocycles. The Bertz CT molecular complexity index is 552. The molecule has 0 spiro atoms. The summed E-state index contributed by atoms with van der Waals surface area (Å²) in [4.78, 5) is 0. The highest BCUT2D eigenvalue weighted by Gasteiger charge is 2.17. The van der Waals surface area contributed by atoms with E-state index in [0.29, 0.717) is 12.8 Å². The molecule has 0 aliphatic rings. The Kier molecular flexibility index (Phi) is 22.6. The first-order chi connectivity index (χ1) is 16.0. The molecule has 0 aromatic carbocycles. The lowest BCUT2D eigenvalue weighted by atomic mass is 10.0. The quantitative estimate of drug-likeness (QED) is 0.0571. The Labute approximate surface area is 205 Å². The van der Waals surface area contributed by atoms with Crippen LogP contribution in [0, 0.1) is 0 Å². The second kappa shape index (κ2) is 23.1. The smallest absolute Gasteiger partial charge is 0.254 e. The van der Waals surface area contributed by atoms with Gasteiger partial charge >= 0.3 is 0 Å². The highest BCUT2D eigenvalue weighted by molar-refractivity contribution is 7.90. The van der Waals surface area contributed by atoms with Gasteiger partial charge in [0.15, 0.2) is 5.84 Å². The van der Waals surface area contributed by atoms with Crippen LogP contribution in [0.5, 0.6) is 0 Å². The van der Waals surface area contributed by atoms with E-state index < -0.39 is 16.1 Å². The number of unbranched alkanes of at least 4 members (excludes halogenated alkanes) is 18. The third-order valence-corrected chi connectivity index (χ3v) is 7.53. The molecule has 1 unspecified atom stereocenters. The van der Waals surface area contributed by atoms with E-state index in [4.69, 9.17) is 0 Å². The molecule has 0 saturated carbocycles. The maximum absolute atomic E-state index is 12.2. The van der Waals surface area contributed by atoms with Crippen LogP contribution in [0.2, 0.25) is 0 Å². The average molecular weight is 491 g/mol. The number of nitrogens with one attached hydrogen (secondary N) is 1. The summed E-state index contributed by atoms with van der Waals surface area (Å²) in [5.41, 5.74) is 1.80. The predicted molar refractivity (Wildman–Crippen MR) is 140 cm³/mol. The van der Waals surface area contributed by atoms with Gasteiger partial charge in [0, 0.05) is 0 Å². The minimum absolute atomic E-state index is 0.0442. The fourth-order valence-electron chi connectivity index (χ4n) is 4.08. The molecule has 0 radical (unpaired) electrons. The van der Waals surface area contributed by atoms with Gasteiger partial charge in [-0.15, -0.1) is 4.40 Å². The molecule has 198 valence electrons. The van der Waals surface area contributed by atoms with Crippen molar-refractivity contribution in [3.05, 3.63) is 0 Å². The lowest BCUT2D eigenvalue weighted by molar-refractivity contribution is 0.180. The van der Waals surface area contributed by atoms with Crippen molar-refractivity contribution in [1.82, 2.24) is 5.48 Å². The Morgan fingerprint density at radius 1 is 0.667 bits per heavy atom. The lowest BCUT2D eigenvalue weighted by Crippen LogP contribution is -2.33. The van der Waals surface area contributed by atoms with Crippen molar-refractivity contribution in [2.24, 2.45) is 4.40 Å². The molecule has 0 aromatic heterocycles. The third kappa shape index (κ3) is 21.6. The molecule has 0 fully saturated rings. The van der Waals surface area contributed by atoms with E-state index in [-0.39, 0.29) is 11.6 Å². The zero-order valence-electron chi connectivity index (χ0n) is 21.7. The van der Waals surface area contributed by atoms with Crippen molar-refractivity contribution in [1.29, 1.82) is 0 Å². The van der Waals surface area contributed by atoms with E-state index in [1.54, 1.807) is 5.48 Å². The largest absolute Gasteiger partial charge is 0.385 e. The molecular weight excluding hydrogens is 436 g/mol. The summed E-state index contributed by atoms with van der Waals surface area (Å²) in [5, 5.41) is 19.5. The fourth-order valence-corrected chi connectivity index (χ4v) is 5.21. The van der Waals surface area contributed by atoms with Crippen LogP contribution < -0.4 is 5.48 Å². The zero-order chi connectivity index (χ0) is 24.6. The number of aliphatic hydroxyl groups is 1. The van der Waals surface area contributed by atoms with E-state index >= 15 is 0 Å². The minimum atomic E-state index is -3.69. The van der Waals surface area contributed by atoms with E-state index in [2.05, 4.69) is 18.2 Å². The van der Waals surface area contributed by atoms with Crippen molar-refractivity contribution in [3.8, 4) is 0 Å². The van der Waals surface area contributed by atoms with Gasteiger partial charge in [-0.2, -0.15) is 0 Å². The zero-order valence-corrected chi connectivity index (χ0v) is 22.5. The molecule has 0 aliphatic carbocycles. The number of sulfonamides is 1. The summed E-state index contributed by atoms with van der Waals surface area (Å²) < 4.78 is 28.0. The van der Waals surface area contributed by atoms with E-state index in [1.807, 2.05) is 0 Å². The Morgan fingerprint density at radius 2 is 1.03 bits per heavy atom. The molecule has 6 nitrogen and oxygen atoms in total. The van der Waals surface area contributed by atoms with Crippen LogP contribution in [-0.4, -0.2) is 36.4 Å². The van der Waals surface area contributed by atoms with Crippen molar-refractivity contribution >= 4 is 15.9 Å². The molecule has 0 amide bonds. The summed E-state index contributed by atoms with van der Waals surface area (Å²) in [6.07, 6.45) is 22.7. The third-order valence-electron chi connectivity index (χ3n) is 6.25. The molecule has 0 rings (SSSR count). The first-order valence-corrected chi connectivity index (χ1v) is 15.5. The van der Waals surface area contributed by atoms with Gasteiger partial charge in [-0.05, 0) is 12.8 Å². The molecule has 1 atom stereocenters. The molecule has 33 heavy (non-hydrogen) atoms. The first kappa shape index (κ1) is 32.3. The van der Waals surface area contributed by atoms with Crippen molar-refractivity contribution in [2.75, 3.05) is 5.75 Å². The average Bonchev–Trinajstić information content (AvgIpc) is 2.79. The van der Waals surface area contributed by atoms with Gasteiger partial charge in [0.2, 0.25) is 0 Å². The lowest BCUT2D eigenvalue weighted by Gasteiger charge is -2.12. The highest BCUT2D eigenvalue weighted by atomic mass is 32.2. The molecule has 3 N–H and O–H groups in total. The summed E-state index contributed by atoms with van der Waals surface area (Å²) in [7, 11) is -3.69. The van der Waals surface area contributed by atoms with E-state index in [9.17, 15) is 18.7 Å². The summed E-state index contributed by atoms with van der Waals surface area (Å²) in [5.74, 6) is -0.297. The van der Waals surface area contributed by atoms with Gasteiger partial charge in [-0.1, -0.05) is 136 Å². The molecule has 7 heteroatoms. The minimum Gasteiger partial charge on any atom is -0.385 e. The maximum Gasteiger partial charge on any atom is 0.254 e. The number of amidine groups is 1. The Balaban J connectivity index is 3.87. The van der Waals surface area contributed by atoms with Gasteiger partial charge in [-0.25, -0.2) is 8.42 Å². The topological polar surface area (TPSA) is 99.0 Å². The van der Waals surface area contributed by atoms with Gasteiger partial charge < -0.3 is 5.11 Å². The van der Waals surface area contributed by atoms with Crippen molar-refractivity contribution < 1.29 is 18.7 Å². The number of hydrogen-bond acceptors (Lipinski definition) is 4. The number of rotatable bonds is 24. The molecule has 0 aliphatic heterocycles. The maximum atomic E-state index is 12.2. The van der Waals surface area contributed by atoms with Gasteiger partial charge in [-0.3, -0.25) is 10.7 Å². The van der Waals surface area contributed by atoms with Crippen molar-refractivity contribution in [2.45, 2.75) is 155 Å². The predicted octanol–water partition coefficient (Wildman–Crippen LogP) is 7.29. The van der Waals surface area contributed by atoms with Gasteiger partial charge in [0.05, 0.1) is 5.75 Å². The monoisotopic (exact) mass is 490 g/mol. The van der Waals surface area contributed by atoms with Gasteiger partial charge in [0.25, 0.3) is 10.0 Å². The van der Waals surface area contributed by atoms with Crippen LogP contribution in [0.25, 0.3) is 0 Å². The second-order valence-electron chi connectivity index (χ2n) is 9.54. The van der Waals surface area contributed by atoms with Crippen molar-refractivity contribution in [3.63, 3.8) is 0 Å². The van der Waals surface area contributed by atoms with Gasteiger partial charge in [0.1, 0.15) is 6.10 Å². The molecule has 0 aromatic rings. The van der Waals surface area contributed by atoms with Crippen LogP contribution in [0.15, 0.2) is 4.40 Å². The SMILES string of the molecule is CCCCCCCCCCCCCCCC(O)/C(=N\S(=O)(=O)CCCCCCCCC)NO. The number of hydroxylamine groups is 1. The highest BCUT2D eigenvalue weighted by Crippen LogP contribution is 2.14. The van der Waals surface area contributed by atoms with Crippen LogP contribution in [0.1, 0.15) is 149 Å². The number of hydrogen-bond donors (Lipinski definition) is 3. The first-order valence-electron chi connectivity index (χ1n) is 13.9. The van der Waals surface area contributed by atoms with Crippen LogP contribution in [0.3, 0.4) is 0 Å². The number of aliphatic hydroxyl groups excluding tert-OH is 1. The Hall–Kier alpha value is -0.660. The van der Waals surface area contributed by atoms with Crippen LogP contribution in [0.4, 0.5) is 0 Å². The van der Waals surface area contributed by atoms with Crippen LogP contribution in [-0.2, 0) is 10.0 Å². The standard InChI is InChI=1S/C26H54N2O4S/c1-3-5-7-9-11-12-13-14-15-16-17-19-21-23-25(29)26(27-30)28-33(31,32)24-22-20-18-10-8-6-4-2/h25,29-30H,3-24H2,1-2H3,(H,27,28). The summed E-state index contributed by atoms with van der Waals surface area (Å²) in [6.45, 7) is 4.42. The second-order valence-corrected chi connectivity index (χ2v) is 11.3. The van der Waals surface area contributed by atoms with Crippen LogP contribution >= 0.6 is 0 Å². The normalized spacial score (nSPS) is 13.4. The summed E-state index contributed by atoms with van der Waals surface area (Å²) >= 11 is 0. The molecule has 0 saturated heterocycles. The Morgan fingerprint density at radius 3 is 1.42 bits per heavy atom. The molecular formula is C26H54N2O4S. The van der Waals surface area contributed by atoms with E-state index in [0.717, 1.165) is 38.5 Å². The molecule has 0 bridgehead atoms. The van der Waals surface area contributed by atoms with E-state index in [1.165, 1.54) is 83.5 Å². The number of nitrogens with zero attached hydrogens (tertiary/aromatic N) is 1. The fraction of sp³-hybridized carbons (Fsp3) is 0.962.